The molecule has 2 aromatic carbocycles. The Morgan fingerprint density at radius 3 is 2.41 bits per heavy atom. The van der Waals surface area contributed by atoms with Crippen LogP contribution in [0.5, 0.6) is 5.75 Å². The van der Waals surface area contributed by atoms with Gasteiger partial charge in [0.25, 0.3) is 5.91 Å². The van der Waals surface area contributed by atoms with Crippen LogP contribution in [0, 0.1) is 12.7 Å². The summed E-state index contributed by atoms with van der Waals surface area (Å²) in [4.78, 5) is 24.8. The van der Waals surface area contributed by atoms with Crippen LogP contribution in [0.3, 0.4) is 0 Å². The summed E-state index contributed by atoms with van der Waals surface area (Å²) in [5, 5.41) is 20.1. The highest BCUT2D eigenvalue weighted by molar-refractivity contribution is 6.33. The van der Waals surface area contributed by atoms with E-state index in [2.05, 4.69) is 0 Å². The number of fused-ring (bicyclic) bond motifs is 1. The van der Waals surface area contributed by atoms with E-state index < -0.39 is 23.6 Å². The van der Waals surface area contributed by atoms with Crippen LogP contribution in [-0.4, -0.2) is 26.7 Å². The first kappa shape index (κ1) is 18.9. The third-order valence-electron chi connectivity index (χ3n) is 4.67. The first-order valence-corrected chi connectivity index (χ1v) is 8.70. The number of aromatic nitrogens is 1. The summed E-state index contributed by atoms with van der Waals surface area (Å²) >= 11 is 6.03. The predicted octanol–water partition coefficient (Wildman–Crippen LogP) is 4.71. The fourth-order valence-corrected chi connectivity index (χ4v) is 3.53. The van der Waals surface area contributed by atoms with Gasteiger partial charge in [0.2, 0.25) is 0 Å². The molecule has 3 rings (SSSR count). The monoisotopic (exact) mass is 389 g/mol. The van der Waals surface area contributed by atoms with Gasteiger partial charge in [0.15, 0.2) is 0 Å². The molecule has 1 atom stereocenters. The van der Waals surface area contributed by atoms with Gasteiger partial charge in [-0.2, -0.15) is 0 Å². The van der Waals surface area contributed by atoms with E-state index in [-0.39, 0.29) is 16.3 Å². The zero-order valence-corrected chi connectivity index (χ0v) is 15.4. The van der Waals surface area contributed by atoms with Gasteiger partial charge >= 0.3 is 5.97 Å². The molecule has 0 fully saturated rings. The highest BCUT2D eigenvalue weighted by atomic mass is 35.5. The average Bonchev–Trinajstić information content (AvgIpc) is 2.88. The van der Waals surface area contributed by atoms with Crippen molar-refractivity contribution in [2.45, 2.75) is 26.2 Å². The number of carbonyl (C=O) groups excluding carboxylic acids is 1. The molecule has 0 spiro atoms. The Bertz CT molecular complexity index is 1060. The lowest BCUT2D eigenvalue weighted by Crippen LogP contribution is -2.16. The molecule has 0 aliphatic heterocycles. The Morgan fingerprint density at radius 1 is 1.22 bits per heavy atom. The number of aliphatic carboxylic acids is 1. The van der Waals surface area contributed by atoms with Gasteiger partial charge in [-0.3, -0.25) is 14.2 Å². The number of carboxylic acids is 1. The average molecular weight is 390 g/mol. The van der Waals surface area contributed by atoms with Crippen LogP contribution >= 0.6 is 11.6 Å². The van der Waals surface area contributed by atoms with E-state index in [0.717, 1.165) is 0 Å². The molecule has 7 heteroatoms. The summed E-state index contributed by atoms with van der Waals surface area (Å²) in [6.07, 6.45) is 0.309. The number of hydrogen-bond acceptors (Lipinski definition) is 3. The number of nitrogens with zero attached hydrogens (tertiary/aromatic N) is 1. The molecule has 0 aliphatic carbocycles. The maximum Gasteiger partial charge on any atom is 0.311 e. The van der Waals surface area contributed by atoms with Crippen molar-refractivity contribution in [3.63, 3.8) is 0 Å². The number of phenolic OH excluding ortho intramolecular Hbond substituents is 1. The summed E-state index contributed by atoms with van der Waals surface area (Å²) in [7, 11) is 0. The summed E-state index contributed by atoms with van der Waals surface area (Å²) in [6.45, 7) is 3.38. The molecular weight excluding hydrogens is 373 g/mol. The molecule has 5 nitrogen and oxygen atoms in total. The molecule has 0 saturated heterocycles. The van der Waals surface area contributed by atoms with Gasteiger partial charge in [0.05, 0.1) is 16.5 Å². The quantitative estimate of drug-likeness (QED) is 0.677. The van der Waals surface area contributed by atoms with Gasteiger partial charge in [-0.15, -0.1) is 0 Å². The van der Waals surface area contributed by atoms with Crippen LogP contribution in [0.25, 0.3) is 10.9 Å². The topological polar surface area (TPSA) is 79.5 Å². The molecule has 0 amide bonds. The minimum Gasteiger partial charge on any atom is -0.506 e. The molecule has 2 N–H and O–H groups in total. The van der Waals surface area contributed by atoms with Crippen molar-refractivity contribution < 1.29 is 24.2 Å². The standard InChI is InChI=1S/C20H17ClFNO4/c1-3-13(20(26)27)18-10(2)23(16-9-15(21)17(24)8-14(16)18)19(25)11-4-6-12(22)7-5-11/h4-9,13,24H,3H2,1-2H3,(H,26,27). The molecule has 1 unspecified atom stereocenters. The molecule has 1 aromatic heterocycles. The maximum absolute atomic E-state index is 13.2. The van der Waals surface area contributed by atoms with Crippen LogP contribution in [0.4, 0.5) is 4.39 Å². The van der Waals surface area contributed by atoms with E-state index in [0.29, 0.717) is 28.6 Å². The van der Waals surface area contributed by atoms with E-state index in [4.69, 9.17) is 11.6 Å². The number of benzene rings is 2. The lowest BCUT2D eigenvalue weighted by Gasteiger charge is -2.12. The van der Waals surface area contributed by atoms with Crippen molar-refractivity contribution in [2.75, 3.05) is 0 Å². The molecule has 140 valence electrons. The minimum atomic E-state index is -1.02. The number of phenols is 1. The zero-order chi connectivity index (χ0) is 19.9. The van der Waals surface area contributed by atoms with Gasteiger partial charge in [-0.25, -0.2) is 4.39 Å². The van der Waals surface area contributed by atoms with E-state index >= 15 is 0 Å². The first-order chi connectivity index (χ1) is 12.8. The van der Waals surface area contributed by atoms with Crippen LogP contribution in [0.15, 0.2) is 36.4 Å². The van der Waals surface area contributed by atoms with Crippen molar-refractivity contribution in [2.24, 2.45) is 0 Å². The number of carbonyl (C=O) groups is 2. The molecule has 0 radical (unpaired) electrons. The highest BCUT2D eigenvalue weighted by Crippen LogP contribution is 2.38. The molecule has 3 aromatic rings. The third kappa shape index (κ3) is 3.17. The fraction of sp³-hybridized carbons (Fsp3) is 0.200. The van der Waals surface area contributed by atoms with E-state index in [9.17, 15) is 24.2 Å². The first-order valence-electron chi connectivity index (χ1n) is 8.32. The van der Waals surface area contributed by atoms with Crippen LogP contribution in [0.2, 0.25) is 5.02 Å². The van der Waals surface area contributed by atoms with Gasteiger partial charge in [0.1, 0.15) is 11.6 Å². The second-order valence-corrected chi connectivity index (χ2v) is 6.67. The van der Waals surface area contributed by atoms with Crippen LogP contribution in [0.1, 0.15) is 40.9 Å². The number of aromatic hydroxyl groups is 1. The maximum atomic E-state index is 13.2. The van der Waals surface area contributed by atoms with E-state index in [1.165, 1.54) is 41.0 Å². The molecule has 1 heterocycles. The van der Waals surface area contributed by atoms with Crippen molar-refractivity contribution in [1.29, 1.82) is 0 Å². The zero-order valence-electron chi connectivity index (χ0n) is 14.7. The molecule has 0 bridgehead atoms. The Kier molecular flexibility index (Phi) is 4.93. The number of carboxylic acid groups (broad SMARTS) is 1. The smallest absolute Gasteiger partial charge is 0.311 e. The van der Waals surface area contributed by atoms with E-state index in [1.807, 2.05) is 0 Å². The number of hydrogen-bond donors (Lipinski definition) is 2. The molecular formula is C20H17ClFNO4. The Hall–Kier alpha value is -2.86. The summed E-state index contributed by atoms with van der Waals surface area (Å²) in [5.74, 6) is -2.98. The van der Waals surface area contributed by atoms with Crippen LogP contribution < -0.4 is 0 Å². The Balaban J connectivity index is 2.34. The second kappa shape index (κ2) is 7.04. The van der Waals surface area contributed by atoms with Crippen molar-refractivity contribution in [3.05, 3.63) is 64.1 Å². The minimum absolute atomic E-state index is 0.0445. The largest absolute Gasteiger partial charge is 0.506 e. The highest BCUT2D eigenvalue weighted by Gasteiger charge is 2.29. The second-order valence-electron chi connectivity index (χ2n) is 6.27. The van der Waals surface area contributed by atoms with Gasteiger partial charge in [-0.05, 0) is 55.3 Å². The predicted molar refractivity (Wildman–Crippen MR) is 100 cm³/mol. The third-order valence-corrected chi connectivity index (χ3v) is 4.97. The Morgan fingerprint density at radius 2 is 1.85 bits per heavy atom. The van der Waals surface area contributed by atoms with Gasteiger partial charge < -0.3 is 10.2 Å². The summed E-state index contributed by atoms with van der Waals surface area (Å²) in [6, 6.07) is 7.89. The molecule has 0 saturated carbocycles. The van der Waals surface area contributed by atoms with Crippen molar-refractivity contribution in [1.82, 2.24) is 4.57 Å². The molecule has 27 heavy (non-hydrogen) atoms. The lowest BCUT2D eigenvalue weighted by molar-refractivity contribution is -0.138. The lowest BCUT2D eigenvalue weighted by atomic mass is 9.94. The molecule has 0 aliphatic rings. The normalized spacial score (nSPS) is 12.3. The SMILES string of the molecule is CCC(C(=O)O)c1c(C)n(C(=O)c2ccc(F)cc2)c2cc(Cl)c(O)cc12. The van der Waals surface area contributed by atoms with Gasteiger partial charge in [0, 0.05) is 16.6 Å². The Labute approximate surface area is 159 Å². The number of rotatable bonds is 4. The summed E-state index contributed by atoms with van der Waals surface area (Å²) < 4.78 is 14.6. The van der Waals surface area contributed by atoms with Gasteiger partial charge in [-0.1, -0.05) is 18.5 Å². The van der Waals surface area contributed by atoms with Crippen molar-refractivity contribution >= 4 is 34.4 Å². The van der Waals surface area contributed by atoms with Crippen molar-refractivity contribution in [3.8, 4) is 5.75 Å². The fourth-order valence-electron chi connectivity index (χ4n) is 3.37. The van der Waals surface area contributed by atoms with E-state index in [1.54, 1.807) is 13.8 Å². The van der Waals surface area contributed by atoms with Crippen LogP contribution in [-0.2, 0) is 4.79 Å². The summed E-state index contributed by atoms with van der Waals surface area (Å²) in [5.41, 5.74) is 1.52. The number of halogens is 2.